The minimum absolute atomic E-state index is 0.800. The maximum absolute atomic E-state index is 6.02. The van der Waals surface area contributed by atoms with Gasteiger partial charge in [0.15, 0.2) is 0 Å². The van der Waals surface area contributed by atoms with Crippen molar-refractivity contribution in [3.8, 4) is 0 Å². The number of rotatable bonds is 5. The second kappa shape index (κ2) is 4.58. The first kappa shape index (κ1) is 11.2. The summed E-state index contributed by atoms with van der Waals surface area (Å²) in [6.07, 6.45) is 2.56. The van der Waals surface area contributed by atoms with Crippen LogP contribution in [-0.2, 0) is 4.43 Å². The highest BCUT2D eigenvalue weighted by atomic mass is 28.4. The SMILES string of the molecule is CCCN[Si]1(OCC)C(C)CC1C. The monoisotopic (exact) mass is 201 g/mol. The van der Waals surface area contributed by atoms with E-state index in [-0.39, 0.29) is 0 Å². The van der Waals surface area contributed by atoms with E-state index >= 15 is 0 Å². The van der Waals surface area contributed by atoms with Gasteiger partial charge in [0, 0.05) is 6.61 Å². The van der Waals surface area contributed by atoms with Gasteiger partial charge in [0.05, 0.1) is 0 Å². The summed E-state index contributed by atoms with van der Waals surface area (Å²) >= 11 is 0. The summed E-state index contributed by atoms with van der Waals surface area (Å²) in [4.78, 5) is 3.70. The fraction of sp³-hybridized carbons (Fsp3) is 1.00. The maximum atomic E-state index is 6.02. The van der Waals surface area contributed by atoms with Crippen molar-refractivity contribution in [2.24, 2.45) is 0 Å². The van der Waals surface area contributed by atoms with Crippen LogP contribution >= 0.6 is 0 Å². The summed E-state index contributed by atoms with van der Waals surface area (Å²) in [5, 5.41) is 0. The maximum Gasteiger partial charge on any atom is 0.274 e. The van der Waals surface area contributed by atoms with Gasteiger partial charge in [-0.2, -0.15) is 0 Å². The van der Waals surface area contributed by atoms with Crippen LogP contribution in [0.25, 0.3) is 0 Å². The van der Waals surface area contributed by atoms with E-state index in [2.05, 4.69) is 32.7 Å². The lowest BCUT2D eigenvalue weighted by atomic mass is 10.2. The van der Waals surface area contributed by atoms with E-state index in [1.54, 1.807) is 0 Å². The van der Waals surface area contributed by atoms with E-state index in [4.69, 9.17) is 4.43 Å². The van der Waals surface area contributed by atoms with Gasteiger partial charge in [0.1, 0.15) is 0 Å². The predicted molar refractivity (Wildman–Crippen MR) is 59.1 cm³/mol. The summed E-state index contributed by atoms with van der Waals surface area (Å²) in [5.74, 6) is 0. The second-order valence-corrected chi connectivity index (χ2v) is 8.39. The van der Waals surface area contributed by atoms with E-state index in [0.29, 0.717) is 0 Å². The predicted octanol–water partition coefficient (Wildman–Crippen LogP) is 2.65. The van der Waals surface area contributed by atoms with Crippen molar-refractivity contribution in [2.45, 2.75) is 51.6 Å². The fourth-order valence-corrected chi connectivity index (χ4v) is 6.88. The highest BCUT2D eigenvalue weighted by molar-refractivity contribution is 6.77. The molecule has 1 aliphatic heterocycles. The molecule has 13 heavy (non-hydrogen) atoms. The van der Waals surface area contributed by atoms with Gasteiger partial charge in [-0.15, -0.1) is 0 Å². The molecule has 2 unspecified atom stereocenters. The van der Waals surface area contributed by atoms with Gasteiger partial charge in [0.2, 0.25) is 0 Å². The highest BCUT2D eigenvalue weighted by Gasteiger charge is 2.54. The van der Waals surface area contributed by atoms with Crippen LogP contribution in [0.4, 0.5) is 0 Å². The molecule has 1 heterocycles. The smallest absolute Gasteiger partial charge is 0.274 e. The third-order valence-electron chi connectivity index (χ3n) is 3.21. The Morgan fingerprint density at radius 3 is 2.31 bits per heavy atom. The van der Waals surface area contributed by atoms with E-state index in [0.717, 1.165) is 24.2 Å². The third-order valence-corrected chi connectivity index (χ3v) is 8.17. The standard InChI is InChI=1S/C10H23NOSi/c1-5-7-11-13(12-6-2)9(3)8-10(13)4/h9-11H,5-8H2,1-4H3. The normalized spacial score (nSPS) is 38.8. The summed E-state index contributed by atoms with van der Waals surface area (Å²) in [6, 6.07) is 0. The average molecular weight is 201 g/mol. The highest BCUT2D eigenvalue weighted by Crippen LogP contribution is 2.49. The molecule has 0 aromatic rings. The Labute approximate surface area is 83.3 Å². The van der Waals surface area contributed by atoms with Crippen molar-refractivity contribution in [2.75, 3.05) is 13.2 Å². The van der Waals surface area contributed by atoms with Gasteiger partial charge >= 0.3 is 0 Å². The molecule has 2 atom stereocenters. The summed E-state index contributed by atoms with van der Waals surface area (Å²) in [7, 11) is -1.52. The molecule has 3 heteroatoms. The van der Waals surface area contributed by atoms with Crippen LogP contribution in [0.1, 0.15) is 40.5 Å². The molecular formula is C10H23NOSi. The third kappa shape index (κ3) is 1.97. The zero-order valence-electron chi connectivity index (χ0n) is 9.39. The molecule has 1 saturated heterocycles. The molecule has 1 N–H and O–H groups in total. The van der Waals surface area contributed by atoms with E-state index in [9.17, 15) is 0 Å². The molecule has 0 aromatic carbocycles. The molecule has 0 saturated carbocycles. The Hall–Kier alpha value is 0.137. The fourth-order valence-electron chi connectivity index (χ4n) is 2.45. The van der Waals surface area contributed by atoms with Crippen LogP contribution in [0.2, 0.25) is 11.1 Å². The van der Waals surface area contributed by atoms with Crippen molar-refractivity contribution in [1.82, 2.24) is 4.98 Å². The van der Waals surface area contributed by atoms with E-state index < -0.39 is 8.48 Å². The molecule has 0 aromatic heterocycles. The molecule has 0 amide bonds. The van der Waals surface area contributed by atoms with Gasteiger partial charge in [-0.1, -0.05) is 20.8 Å². The first-order valence-corrected chi connectivity index (χ1v) is 7.62. The summed E-state index contributed by atoms with van der Waals surface area (Å²) in [5.41, 5.74) is 1.60. The Morgan fingerprint density at radius 2 is 1.92 bits per heavy atom. The number of hydrogen-bond donors (Lipinski definition) is 1. The van der Waals surface area contributed by atoms with Crippen molar-refractivity contribution in [1.29, 1.82) is 0 Å². The van der Waals surface area contributed by atoms with Gasteiger partial charge < -0.3 is 9.41 Å². The van der Waals surface area contributed by atoms with Crippen LogP contribution in [-0.4, -0.2) is 21.6 Å². The van der Waals surface area contributed by atoms with Crippen molar-refractivity contribution in [3.05, 3.63) is 0 Å². The lowest BCUT2D eigenvalue weighted by Crippen LogP contribution is -2.65. The Balaban J connectivity index is 2.52. The molecular weight excluding hydrogens is 178 g/mol. The van der Waals surface area contributed by atoms with Gasteiger partial charge in [0.25, 0.3) is 8.48 Å². The summed E-state index contributed by atoms with van der Waals surface area (Å²) < 4.78 is 6.02. The van der Waals surface area contributed by atoms with Gasteiger partial charge in [-0.3, -0.25) is 0 Å². The molecule has 2 nitrogen and oxygen atoms in total. The topological polar surface area (TPSA) is 21.3 Å². The van der Waals surface area contributed by atoms with Crippen LogP contribution in [0, 0.1) is 0 Å². The Morgan fingerprint density at radius 1 is 1.31 bits per heavy atom. The molecule has 0 spiro atoms. The first-order valence-electron chi connectivity index (χ1n) is 5.56. The van der Waals surface area contributed by atoms with Crippen molar-refractivity contribution < 1.29 is 4.43 Å². The van der Waals surface area contributed by atoms with E-state index in [1.807, 2.05) is 0 Å². The van der Waals surface area contributed by atoms with Gasteiger partial charge in [-0.25, -0.2) is 0 Å². The van der Waals surface area contributed by atoms with Crippen LogP contribution in [0.15, 0.2) is 0 Å². The quantitative estimate of drug-likeness (QED) is 0.691. The minimum Gasteiger partial charge on any atom is -0.403 e. The summed E-state index contributed by atoms with van der Waals surface area (Å²) in [6.45, 7) is 11.0. The zero-order chi connectivity index (χ0) is 9.90. The van der Waals surface area contributed by atoms with Crippen LogP contribution < -0.4 is 4.98 Å². The van der Waals surface area contributed by atoms with Crippen LogP contribution in [0.5, 0.6) is 0 Å². The molecule has 1 rings (SSSR count). The average Bonchev–Trinajstić information content (AvgIpc) is 2.12. The molecule has 1 fully saturated rings. The number of hydrogen-bond acceptors (Lipinski definition) is 2. The largest absolute Gasteiger partial charge is 0.403 e. The Kier molecular flexibility index (Phi) is 3.95. The van der Waals surface area contributed by atoms with Crippen molar-refractivity contribution >= 4 is 8.48 Å². The zero-order valence-corrected chi connectivity index (χ0v) is 10.4. The number of nitrogens with one attached hydrogen (secondary N) is 1. The first-order chi connectivity index (χ1) is 6.17. The Bertz CT molecular complexity index is 155. The lowest BCUT2D eigenvalue weighted by Gasteiger charge is -2.50. The molecule has 0 bridgehead atoms. The van der Waals surface area contributed by atoms with Crippen LogP contribution in [0.3, 0.4) is 0 Å². The lowest BCUT2D eigenvalue weighted by molar-refractivity contribution is 0.260. The minimum atomic E-state index is -1.52. The van der Waals surface area contributed by atoms with Gasteiger partial charge in [-0.05, 0) is 37.4 Å². The van der Waals surface area contributed by atoms with Crippen molar-refractivity contribution in [3.63, 3.8) is 0 Å². The molecule has 0 radical (unpaired) electrons. The molecule has 0 aliphatic carbocycles. The molecule has 1 aliphatic rings. The molecule has 78 valence electrons. The van der Waals surface area contributed by atoms with E-state index in [1.165, 1.54) is 12.8 Å². The second-order valence-electron chi connectivity index (χ2n) is 4.19.